The van der Waals surface area contributed by atoms with Gasteiger partial charge in [0, 0.05) is 33.5 Å². The van der Waals surface area contributed by atoms with Crippen LogP contribution in [-0.4, -0.2) is 32.3 Å². The lowest BCUT2D eigenvalue weighted by Crippen LogP contribution is -2.22. The van der Waals surface area contributed by atoms with E-state index in [4.69, 9.17) is 10.5 Å². The largest absolute Gasteiger partial charge is 0.396 e. The van der Waals surface area contributed by atoms with Crippen molar-refractivity contribution in [2.75, 3.05) is 37.9 Å². The number of nitrogens with two attached hydrogens (primary N) is 1. The van der Waals surface area contributed by atoms with Crippen molar-refractivity contribution >= 4 is 11.5 Å². The van der Waals surface area contributed by atoms with Gasteiger partial charge in [0.2, 0.25) is 0 Å². The minimum atomic E-state index is 0.760. The van der Waals surface area contributed by atoms with Gasteiger partial charge in [0.15, 0.2) is 5.82 Å². The highest BCUT2D eigenvalue weighted by molar-refractivity contribution is 5.65. The molecule has 2 N–H and O–H groups in total. The van der Waals surface area contributed by atoms with Crippen LogP contribution in [0.4, 0.5) is 11.5 Å². The van der Waals surface area contributed by atoms with E-state index in [1.165, 1.54) is 0 Å². The van der Waals surface area contributed by atoms with Crippen LogP contribution in [0.25, 0.3) is 0 Å². The highest BCUT2D eigenvalue weighted by atomic mass is 16.5. The van der Waals surface area contributed by atoms with E-state index in [0.29, 0.717) is 0 Å². The molecule has 0 fully saturated rings. The fraction of sp³-hybridized carbons (Fsp3) is 0.545. The standard InChI is InChI=1S/C11H19N3O/c1-9-5-6-13-11(10(9)12)14(2)7-4-8-15-3/h5-6H,4,7-8,12H2,1-3H3. The molecule has 1 heterocycles. The van der Waals surface area contributed by atoms with Crippen LogP contribution < -0.4 is 10.6 Å². The van der Waals surface area contributed by atoms with Crippen molar-refractivity contribution in [1.29, 1.82) is 0 Å². The summed E-state index contributed by atoms with van der Waals surface area (Å²) in [6.07, 6.45) is 2.76. The second-order valence-electron chi connectivity index (χ2n) is 3.63. The Balaban J connectivity index is 2.65. The van der Waals surface area contributed by atoms with Crippen LogP contribution in [-0.2, 0) is 4.74 Å². The van der Waals surface area contributed by atoms with E-state index >= 15 is 0 Å². The zero-order valence-electron chi connectivity index (χ0n) is 9.66. The number of anilines is 2. The molecule has 0 atom stereocenters. The van der Waals surface area contributed by atoms with Crippen LogP contribution in [0.2, 0.25) is 0 Å². The Labute approximate surface area is 91.1 Å². The van der Waals surface area contributed by atoms with Crippen molar-refractivity contribution in [2.24, 2.45) is 0 Å². The van der Waals surface area contributed by atoms with Crippen molar-refractivity contribution in [3.63, 3.8) is 0 Å². The average molecular weight is 209 g/mol. The van der Waals surface area contributed by atoms with E-state index < -0.39 is 0 Å². The van der Waals surface area contributed by atoms with E-state index in [2.05, 4.69) is 9.88 Å². The maximum Gasteiger partial charge on any atom is 0.151 e. The van der Waals surface area contributed by atoms with Crippen molar-refractivity contribution in [1.82, 2.24) is 4.98 Å². The lowest BCUT2D eigenvalue weighted by Gasteiger charge is -2.20. The predicted molar refractivity (Wildman–Crippen MR) is 63.1 cm³/mol. The Hall–Kier alpha value is -1.29. The number of pyridine rings is 1. The van der Waals surface area contributed by atoms with E-state index in [1.807, 2.05) is 20.0 Å². The maximum absolute atomic E-state index is 5.95. The Morgan fingerprint density at radius 2 is 2.27 bits per heavy atom. The van der Waals surface area contributed by atoms with Gasteiger partial charge >= 0.3 is 0 Å². The Morgan fingerprint density at radius 3 is 2.93 bits per heavy atom. The molecule has 84 valence electrons. The summed E-state index contributed by atoms with van der Waals surface area (Å²) in [4.78, 5) is 6.33. The first kappa shape index (κ1) is 11.8. The molecule has 0 aromatic carbocycles. The summed E-state index contributed by atoms with van der Waals surface area (Å²) in [7, 11) is 3.70. The summed E-state index contributed by atoms with van der Waals surface area (Å²) in [5, 5.41) is 0. The molecule has 0 bridgehead atoms. The normalized spacial score (nSPS) is 10.3. The van der Waals surface area contributed by atoms with Crippen molar-refractivity contribution < 1.29 is 4.74 Å². The number of aromatic nitrogens is 1. The van der Waals surface area contributed by atoms with Gasteiger partial charge in [-0.15, -0.1) is 0 Å². The molecule has 0 amide bonds. The molecular weight excluding hydrogens is 190 g/mol. The number of nitrogen functional groups attached to an aromatic ring is 1. The zero-order chi connectivity index (χ0) is 11.3. The van der Waals surface area contributed by atoms with Gasteiger partial charge in [-0.2, -0.15) is 0 Å². The lowest BCUT2D eigenvalue weighted by atomic mass is 10.2. The summed E-state index contributed by atoms with van der Waals surface area (Å²) in [6.45, 7) is 3.65. The minimum absolute atomic E-state index is 0.760. The highest BCUT2D eigenvalue weighted by Gasteiger charge is 2.07. The summed E-state index contributed by atoms with van der Waals surface area (Å²) in [6, 6.07) is 1.92. The fourth-order valence-corrected chi connectivity index (χ4v) is 1.41. The number of aryl methyl sites for hydroxylation is 1. The van der Waals surface area contributed by atoms with Crippen LogP contribution in [0.5, 0.6) is 0 Å². The molecule has 1 aromatic rings. The van der Waals surface area contributed by atoms with Crippen LogP contribution in [0.3, 0.4) is 0 Å². The molecule has 0 aliphatic heterocycles. The first-order valence-electron chi connectivity index (χ1n) is 5.08. The van der Waals surface area contributed by atoms with E-state index in [9.17, 15) is 0 Å². The first-order chi connectivity index (χ1) is 7.16. The molecule has 1 aromatic heterocycles. The van der Waals surface area contributed by atoms with E-state index in [-0.39, 0.29) is 0 Å². The Bertz CT molecular complexity index is 315. The monoisotopic (exact) mass is 209 g/mol. The number of hydrogen-bond donors (Lipinski definition) is 1. The predicted octanol–water partition coefficient (Wildman–Crippen LogP) is 1.44. The molecule has 0 aliphatic carbocycles. The van der Waals surface area contributed by atoms with Gasteiger partial charge in [-0.3, -0.25) is 0 Å². The number of ether oxygens (including phenoxy) is 1. The Kier molecular flexibility index (Phi) is 4.37. The molecule has 1 rings (SSSR count). The van der Waals surface area contributed by atoms with Crippen LogP contribution in [0, 0.1) is 6.92 Å². The number of hydrogen-bond acceptors (Lipinski definition) is 4. The lowest BCUT2D eigenvalue weighted by molar-refractivity contribution is 0.196. The summed E-state index contributed by atoms with van der Waals surface area (Å²) in [5.74, 6) is 0.853. The molecule has 4 nitrogen and oxygen atoms in total. The summed E-state index contributed by atoms with van der Waals surface area (Å²) in [5.41, 5.74) is 7.78. The molecule has 0 radical (unpaired) electrons. The van der Waals surface area contributed by atoms with Gasteiger partial charge in [-0.25, -0.2) is 4.98 Å². The van der Waals surface area contributed by atoms with Gasteiger partial charge in [0.25, 0.3) is 0 Å². The quantitative estimate of drug-likeness (QED) is 0.746. The van der Waals surface area contributed by atoms with Gasteiger partial charge in [0.05, 0.1) is 5.69 Å². The van der Waals surface area contributed by atoms with Crippen LogP contribution in [0.1, 0.15) is 12.0 Å². The fourth-order valence-electron chi connectivity index (χ4n) is 1.41. The maximum atomic E-state index is 5.95. The van der Waals surface area contributed by atoms with Gasteiger partial charge < -0.3 is 15.4 Å². The SMILES string of the molecule is COCCCN(C)c1nccc(C)c1N. The van der Waals surface area contributed by atoms with Crippen molar-refractivity contribution in [3.05, 3.63) is 17.8 Å². The third kappa shape index (κ3) is 3.09. The minimum Gasteiger partial charge on any atom is -0.396 e. The molecule has 0 spiro atoms. The number of nitrogens with zero attached hydrogens (tertiary/aromatic N) is 2. The average Bonchev–Trinajstić information content (AvgIpc) is 2.22. The molecule has 4 heteroatoms. The Morgan fingerprint density at radius 1 is 1.53 bits per heavy atom. The second kappa shape index (κ2) is 5.56. The molecule has 0 saturated carbocycles. The zero-order valence-corrected chi connectivity index (χ0v) is 9.66. The van der Waals surface area contributed by atoms with Crippen LogP contribution in [0.15, 0.2) is 12.3 Å². The number of methoxy groups -OCH3 is 1. The van der Waals surface area contributed by atoms with E-state index in [1.54, 1.807) is 13.3 Å². The first-order valence-corrected chi connectivity index (χ1v) is 5.08. The highest BCUT2D eigenvalue weighted by Crippen LogP contribution is 2.21. The summed E-state index contributed by atoms with van der Waals surface area (Å²) < 4.78 is 5.00. The molecule has 15 heavy (non-hydrogen) atoms. The second-order valence-corrected chi connectivity index (χ2v) is 3.63. The van der Waals surface area contributed by atoms with Crippen molar-refractivity contribution in [2.45, 2.75) is 13.3 Å². The smallest absolute Gasteiger partial charge is 0.151 e. The third-order valence-corrected chi connectivity index (χ3v) is 2.39. The van der Waals surface area contributed by atoms with Gasteiger partial charge in [-0.05, 0) is 25.0 Å². The van der Waals surface area contributed by atoms with Crippen molar-refractivity contribution in [3.8, 4) is 0 Å². The van der Waals surface area contributed by atoms with E-state index in [0.717, 1.165) is 36.6 Å². The summed E-state index contributed by atoms with van der Waals surface area (Å²) >= 11 is 0. The molecule has 0 aliphatic rings. The third-order valence-electron chi connectivity index (χ3n) is 2.39. The van der Waals surface area contributed by atoms with Crippen LogP contribution >= 0.6 is 0 Å². The molecular formula is C11H19N3O. The van der Waals surface area contributed by atoms with Gasteiger partial charge in [0.1, 0.15) is 0 Å². The topological polar surface area (TPSA) is 51.4 Å². The van der Waals surface area contributed by atoms with Gasteiger partial charge in [-0.1, -0.05) is 0 Å². The molecule has 0 unspecified atom stereocenters. The molecule has 0 saturated heterocycles. The number of rotatable bonds is 5.